The van der Waals surface area contributed by atoms with Gasteiger partial charge in [-0.25, -0.2) is 0 Å². The lowest BCUT2D eigenvalue weighted by atomic mass is 10.0. The summed E-state index contributed by atoms with van der Waals surface area (Å²) in [5, 5.41) is 4.41. The zero-order chi connectivity index (χ0) is 14.6. The van der Waals surface area contributed by atoms with E-state index in [1.165, 1.54) is 24.0 Å². The fourth-order valence-corrected chi connectivity index (χ4v) is 3.85. The van der Waals surface area contributed by atoms with Crippen LogP contribution >= 0.6 is 23.4 Å². The maximum Gasteiger partial charge on any atom is 0.127 e. The van der Waals surface area contributed by atoms with Crippen LogP contribution in [0.5, 0.6) is 5.75 Å². The van der Waals surface area contributed by atoms with E-state index >= 15 is 0 Å². The van der Waals surface area contributed by atoms with Gasteiger partial charge in [-0.15, -0.1) is 0 Å². The Kier molecular flexibility index (Phi) is 5.65. The van der Waals surface area contributed by atoms with Gasteiger partial charge in [0, 0.05) is 34.8 Å². The number of benzene rings is 1. The number of thioether (sulfide) groups is 1. The van der Waals surface area contributed by atoms with E-state index in [9.17, 15) is 0 Å². The van der Waals surface area contributed by atoms with Gasteiger partial charge < -0.3 is 10.1 Å². The smallest absolute Gasteiger partial charge is 0.127 e. The highest BCUT2D eigenvalue weighted by molar-refractivity contribution is 8.00. The van der Waals surface area contributed by atoms with Gasteiger partial charge in [0.2, 0.25) is 0 Å². The van der Waals surface area contributed by atoms with Crippen LogP contribution in [0.2, 0.25) is 5.02 Å². The minimum Gasteiger partial charge on any atom is -0.493 e. The number of rotatable bonds is 7. The van der Waals surface area contributed by atoms with Crippen molar-refractivity contribution in [1.29, 1.82) is 0 Å². The second kappa shape index (κ2) is 7.06. The van der Waals surface area contributed by atoms with Gasteiger partial charge in [-0.2, -0.15) is 11.8 Å². The Morgan fingerprint density at radius 2 is 2.10 bits per heavy atom. The van der Waals surface area contributed by atoms with E-state index in [-0.39, 0.29) is 0 Å². The minimum absolute atomic E-state index is 0.336. The second-order valence-corrected chi connectivity index (χ2v) is 7.06. The van der Waals surface area contributed by atoms with Gasteiger partial charge in [-0.3, -0.25) is 0 Å². The Morgan fingerprint density at radius 3 is 2.75 bits per heavy atom. The normalized spacial score (nSPS) is 14.2. The van der Waals surface area contributed by atoms with Crippen LogP contribution < -0.4 is 10.1 Å². The van der Waals surface area contributed by atoms with E-state index in [4.69, 9.17) is 16.3 Å². The molecular weight excluding hydrogens is 290 g/mol. The number of nitrogens with one attached hydrogen (secondary N) is 1. The summed E-state index contributed by atoms with van der Waals surface area (Å²) in [6.07, 6.45) is 5.54. The Morgan fingerprint density at radius 1 is 1.35 bits per heavy atom. The maximum atomic E-state index is 6.19. The predicted molar refractivity (Wildman–Crippen MR) is 89.2 cm³/mol. The Labute approximate surface area is 131 Å². The number of fused-ring (bicyclic) bond motifs is 1. The van der Waals surface area contributed by atoms with Gasteiger partial charge in [0.15, 0.2) is 0 Å². The number of hydrogen-bond donors (Lipinski definition) is 1. The van der Waals surface area contributed by atoms with Crippen LogP contribution in [-0.4, -0.2) is 24.2 Å². The summed E-state index contributed by atoms with van der Waals surface area (Å²) in [6, 6.07) is 4.05. The second-order valence-electron chi connectivity index (χ2n) is 5.35. The number of ether oxygens (including phenoxy) is 1. The first-order valence-corrected chi connectivity index (χ1v) is 8.94. The van der Waals surface area contributed by atoms with Crippen molar-refractivity contribution in [2.45, 2.75) is 44.4 Å². The van der Waals surface area contributed by atoms with Crippen LogP contribution in [0, 0.1) is 0 Å². The fraction of sp³-hybridized carbons (Fsp3) is 0.625. The zero-order valence-electron chi connectivity index (χ0n) is 12.6. The van der Waals surface area contributed by atoms with E-state index in [0.29, 0.717) is 4.75 Å². The van der Waals surface area contributed by atoms with Gasteiger partial charge in [0.05, 0.1) is 6.61 Å². The van der Waals surface area contributed by atoms with E-state index in [1.54, 1.807) is 0 Å². The highest BCUT2D eigenvalue weighted by Gasteiger charge is 2.24. The summed E-state index contributed by atoms with van der Waals surface area (Å²) in [5.41, 5.74) is 2.43. The molecule has 0 aromatic heterocycles. The monoisotopic (exact) mass is 313 g/mol. The average molecular weight is 314 g/mol. The third-order valence-corrected chi connectivity index (χ3v) is 6.12. The first-order chi connectivity index (χ1) is 9.64. The molecule has 0 spiro atoms. The van der Waals surface area contributed by atoms with Crippen LogP contribution in [0.25, 0.3) is 0 Å². The van der Waals surface area contributed by atoms with E-state index in [2.05, 4.69) is 25.4 Å². The fourth-order valence-electron chi connectivity index (χ4n) is 2.76. The summed E-state index contributed by atoms with van der Waals surface area (Å²) >= 11 is 8.15. The molecule has 1 aliphatic rings. The molecule has 0 aliphatic carbocycles. The Hall–Kier alpha value is -0.380. The van der Waals surface area contributed by atoms with Gasteiger partial charge >= 0.3 is 0 Å². The molecule has 1 aromatic carbocycles. The van der Waals surface area contributed by atoms with Crippen molar-refractivity contribution in [3.05, 3.63) is 28.3 Å². The summed E-state index contributed by atoms with van der Waals surface area (Å²) in [4.78, 5) is 0. The molecule has 4 heteroatoms. The minimum atomic E-state index is 0.336. The van der Waals surface area contributed by atoms with E-state index in [0.717, 1.165) is 36.9 Å². The van der Waals surface area contributed by atoms with Crippen LogP contribution in [0.3, 0.4) is 0 Å². The van der Waals surface area contributed by atoms with E-state index in [1.807, 2.05) is 23.9 Å². The lowest BCUT2D eigenvalue weighted by Gasteiger charge is -2.30. The standard InChI is InChI=1S/C16H24ClNOS/c1-4-16(5-2,20-3)11-18-10-13-9-14(17)8-12-6-7-19-15(12)13/h8-9,18H,4-7,10-11H2,1-3H3. The number of hydrogen-bond acceptors (Lipinski definition) is 3. The molecule has 0 amide bonds. The molecule has 0 saturated heterocycles. The van der Waals surface area contributed by atoms with Crippen molar-refractivity contribution in [1.82, 2.24) is 5.32 Å². The molecule has 2 rings (SSSR count). The lowest BCUT2D eigenvalue weighted by Crippen LogP contribution is -2.36. The first kappa shape index (κ1) is 16.0. The van der Waals surface area contributed by atoms with Gasteiger partial charge in [0.25, 0.3) is 0 Å². The molecule has 0 unspecified atom stereocenters. The van der Waals surface area contributed by atoms with E-state index < -0.39 is 0 Å². The quantitative estimate of drug-likeness (QED) is 0.811. The third-order valence-electron chi connectivity index (χ3n) is 4.31. The zero-order valence-corrected chi connectivity index (χ0v) is 14.2. The molecule has 1 heterocycles. The summed E-state index contributed by atoms with van der Waals surface area (Å²) in [5.74, 6) is 1.05. The first-order valence-electron chi connectivity index (χ1n) is 7.34. The Bertz CT molecular complexity index is 452. The molecule has 1 aliphatic heterocycles. The summed E-state index contributed by atoms with van der Waals surface area (Å²) in [6.45, 7) is 7.15. The van der Waals surface area contributed by atoms with Crippen molar-refractivity contribution in [2.24, 2.45) is 0 Å². The molecule has 1 aromatic rings. The topological polar surface area (TPSA) is 21.3 Å². The molecule has 0 atom stereocenters. The predicted octanol–water partition coefficient (Wildman–Crippen LogP) is 4.29. The molecule has 0 fully saturated rings. The summed E-state index contributed by atoms with van der Waals surface area (Å²) < 4.78 is 6.08. The van der Waals surface area contributed by atoms with Crippen molar-refractivity contribution in [3.8, 4) is 5.75 Å². The largest absolute Gasteiger partial charge is 0.493 e. The van der Waals surface area contributed by atoms with Crippen molar-refractivity contribution >= 4 is 23.4 Å². The van der Waals surface area contributed by atoms with Crippen LogP contribution in [0.1, 0.15) is 37.8 Å². The molecule has 0 saturated carbocycles. The molecular formula is C16H24ClNOS. The molecule has 2 nitrogen and oxygen atoms in total. The molecule has 0 bridgehead atoms. The van der Waals surface area contributed by atoms with Crippen molar-refractivity contribution in [3.63, 3.8) is 0 Å². The summed E-state index contributed by atoms with van der Waals surface area (Å²) in [7, 11) is 0. The number of halogens is 1. The van der Waals surface area contributed by atoms with Gasteiger partial charge in [-0.1, -0.05) is 25.4 Å². The molecule has 112 valence electrons. The molecule has 1 N–H and O–H groups in total. The lowest BCUT2D eigenvalue weighted by molar-refractivity contribution is 0.352. The van der Waals surface area contributed by atoms with Gasteiger partial charge in [0.1, 0.15) is 5.75 Å². The van der Waals surface area contributed by atoms with Crippen LogP contribution in [-0.2, 0) is 13.0 Å². The molecule has 20 heavy (non-hydrogen) atoms. The molecule has 0 radical (unpaired) electrons. The maximum absolute atomic E-state index is 6.19. The van der Waals surface area contributed by atoms with Gasteiger partial charge in [-0.05, 0) is 36.8 Å². The van der Waals surface area contributed by atoms with Crippen molar-refractivity contribution in [2.75, 3.05) is 19.4 Å². The van der Waals surface area contributed by atoms with Crippen LogP contribution in [0.4, 0.5) is 0 Å². The van der Waals surface area contributed by atoms with Crippen LogP contribution in [0.15, 0.2) is 12.1 Å². The Balaban J connectivity index is 2.01. The average Bonchev–Trinajstić information content (AvgIpc) is 2.92. The van der Waals surface area contributed by atoms with Crippen molar-refractivity contribution < 1.29 is 4.74 Å². The third kappa shape index (κ3) is 3.44. The highest BCUT2D eigenvalue weighted by Crippen LogP contribution is 2.33. The highest BCUT2D eigenvalue weighted by atomic mass is 35.5. The SMILES string of the molecule is CCC(CC)(CNCc1cc(Cl)cc2c1OCC2)SC.